The van der Waals surface area contributed by atoms with Crippen molar-refractivity contribution in [2.24, 2.45) is 5.92 Å². The molecule has 3 rings (SSSR count). The Morgan fingerprint density at radius 1 is 1.42 bits per heavy atom. The maximum absolute atomic E-state index is 12.1. The maximum atomic E-state index is 12.1. The van der Waals surface area contributed by atoms with Crippen molar-refractivity contribution in [1.82, 2.24) is 15.3 Å². The van der Waals surface area contributed by atoms with Gasteiger partial charge in [0, 0.05) is 37.0 Å². The van der Waals surface area contributed by atoms with Crippen LogP contribution in [0.1, 0.15) is 37.5 Å². The summed E-state index contributed by atoms with van der Waals surface area (Å²) >= 11 is 1.67. The minimum Gasteiger partial charge on any atom is -0.370 e. The van der Waals surface area contributed by atoms with E-state index in [9.17, 15) is 4.79 Å². The lowest BCUT2D eigenvalue weighted by molar-refractivity contribution is -0.121. The number of hydrogen-bond donors (Lipinski definition) is 2. The first-order valence-electron chi connectivity index (χ1n) is 9.34. The van der Waals surface area contributed by atoms with Gasteiger partial charge in [-0.1, -0.05) is 6.07 Å². The number of carbonyl (C=O) groups excluding carboxylic acids is 1. The first-order chi connectivity index (χ1) is 12.7. The van der Waals surface area contributed by atoms with Crippen molar-refractivity contribution >= 4 is 28.9 Å². The van der Waals surface area contributed by atoms with Gasteiger partial charge in [0.25, 0.3) is 0 Å². The largest absolute Gasteiger partial charge is 0.370 e. The second kappa shape index (κ2) is 9.52. The van der Waals surface area contributed by atoms with Crippen LogP contribution in [0, 0.1) is 5.92 Å². The predicted molar refractivity (Wildman–Crippen MR) is 107 cm³/mol. The van der Waals surface area contributed by atoms with Crippen LogP contribution in [0.25, 0.3) is 0 Å². The number of anilines is 2. The average molecular weight is 374 g/mol. The van der Waals surface area contributed by atoms with E-state index in [1.807, 2.05) is 23.6 Å². The Hall–Kier alpha value is -2.15. The van der Waals surface area contributed by atoms with Gasteiger partial charge in [-0.3, -0.25) is 4.79 Å². The highest BCUT2D eigenvalue weighted by atomic mass is 32.1. The second-order valence-electron chi connectivity index (χ2n) is 6.64. The molecule has 1 aliphatic rings. The Labute approximate surface area is 159 Å². The Kier molecular flexibility index (Phi) is 6.82. The molecule has 2 aromatic heterocycles. The molecule has 140 valence electrons. The number of thiophene rings is 1. The molecule has 26 heavy (non-hydrogen) atoms. The van der Waals surface area contributed by atoms with Crippen LogP contribution in [-0.4, -0.2) is 35.5 Å². The Balaban J connectivity index is 1.46. The maximum Gasteiger partial charge on any atom is 0.220 e. The molecule has 0 radical (unpaired) electrons. The van der Waals surface area contributed by atoms with Crippen LogP contribution in [-0.2, 0) is 11.3 Å². The van der Waals surface area contributed by atoms with E-state index in [-0.39, 0.29) is 5.91 Å². The van der Waals surface area contributed by atoms with Gasteiger partial charge in [-0.15, -0.1) is 11.3 Å². The van der Waals surface area contributed by atoms with E-state index in [0.29, 0.717) is 18.9 Å². The molecule has 1 aliphatic heterocycles. The molecule has 0 bridgehead atoms. The SMILES string of the molecule is CCNc1cc(N2CCC[C@@H](CCC(=O)NCc3cccs3)C2)ncn1. The van der Waals surface area contributed by atoms with Crippen LogP contribution in [0.2, 0.25) is 0 Å². The minimum absolute atomic E-state index is 0.145. The summed E-state index contributed by atoms with van der Waals surface area (Å²) in [5.41, 5.74) is 0. The zero-order chi connectivity index (χ0) is 18.2. The number of nitrogens with zero attached hydrogens (tertiary/aromatic N) is 3. The van der Waals surface area contributed by atoms with E-state index in [4.69, 9.17) is 0 Å². The molecule has 2 aromatic rings. The van der Waals surface area contributed by atoms with Crippen molar-refractivity contribution in [3.8, 4) is 0 Å². The van der Waals surface area contributed by atoms with Gasteiger partial charge < -0.3 is 15.5 Å². The van der Waals surface area contributed by atoms with Crippen LogP contribution >= 0.6 is 11.3 Å². The van der Waals surface area contributed by atoms with Crippen LogP contribution in [0.15, 0.2) is 29.9 Å². The number of carbonyl (C=O) groups is 1. The quantitative estimate of drug-likeness (QED) is 0.743. The van der Waals surface area contributed by atoms with E-state index in [1.165, 1.54) is 11.3 Å². The third-order valence-electron chi connectivity index (χ3n) is 4.67. The van der Waals surface area contributed by atoms with Crippen molar-refractivity contribution in [3.63, 3.8) is 0 Å². The number of aromatic nitrogens is 2. The van der Waals surface area contributed by atoms with Gasteiger partial charge in [-0.25, -0.2) is 9.97 Å². The zero-order valence-electron chi connectivity index (χ0n) is 15.3. The Morgan fingerprint density at radius 2 is 2.35 bits per heavy atom. The lowest BCUT2D eigenvalue weighted by Crippen LogP contribution is -2.36. The van der Waals surface area contributed by atoms with Gasteiger partial charge in [-0.05, 0) is 43.6 Å². The second-order valence-corrected chi connectivity index (χ2v) is 7.67. The molecule has 0 unspecified atom stereocenters. The molecule has 1 saturated heterocycles. The van der Waals surface area contributed by atoms with Gasteiger partial charge in [-0.2, -0.15) is 0 Å². The molecule has 1 fully saturated rings. The molecule has 7 heteroatoms. The van der Waals surface area contributed by atoms with Gasteiger partial charge in [0.2, 0.25) is 5.91 Å². The fourth-order valence-electron chi connectivity index (χ4n) is 3.33. The highest BCUT2D eigenvalue weighted by molar-refractivity contribution is 7.09. The Morgan fingerprint density at radius 3 is 3.15 bits per heavy atom. The highest BCUT2D eigenvalue weighted by Crippen LogP contribution is 2.25. The Bertz CT molecular complexity index is 691. The monoisotopic (exact) mass is 373 g/mol. The van der Waals surface area contributed by atoms with Crippen molar-refractivity contribution < 1.29 is 4.79 Å². The first kappa shape index (κ1) is 18.6. The number of piperidine rings is 1. The number of hydrogen-bond acceptors (Lipinski definition) is 6. The van der Waals surface area contributed by atoms with Crippen LogP contribution in [0.5, 0.6) is 0 Å². The summed E-state index contributed by atoms with van der Waals surface area (Å²) < 4.78 is 0. The summed E-state index contributed by atoms with van der Waals surface area (Å²) in [5.74, 6) is 2.52. The van der Waals surface area contributed by atoms with Crippen molar-refractivity contribution in [2.75, 3.05) is 29.9 Å². The highest BCUT2D eigenvalue weighted by Gasteiger charge is 2.22. The molecule has 6 nitrogen and oxygen atoms in total. The first-order valence-corrected chi connectivity index (χ1v) is 10.2. The summed E-state index contributed by atoms with van der Waals surface area (Å²) in [4.78, 5) is 24.3. The van der Waals surface area contributed by atoms with E-state index >= 15 is 0 Å². The fourth-order valence-corrected chi connectivity index (χ4v) is 3.97. The summed E-state index contributed by atoms with van der Waals surface area (Å²) in [5, 5.41) is 8.29. The minimum atomic E-state index is 0.145. The van der Waals surface area contributed by atoms with Gasteiger partial charge in [0.15, 0.2) is 0 Å². The normalized spacial score (nSPS) is 17.1. The van der Waals surface area contributed by atoms with Crippen molar-refractivity contribution in [1.29, 1.82) is 0 Å². The summed E-state index contributed by atoms with van der Waals surface area (Å²) in [7, 11) is 0. The molecular formula is C19H27N5OS. The molecule has 0 aromatic carbocycles. The van der Waals surface area contributed by atoms with Gasteiger partial charge in [0.05, 0.1) is 6.54 Å². The molecule has 1 amide bonds. The van der Waals surface area contributed by atoms with E-state index in [2.05, 4.69) is 32.4 Å². The molecule has 0 saturated carbocycles. The van der Waals surface area contributed by atoms with E-state index < -0.39 is 0 Å². The standard InChI is InChI=1S/C19H27N5OS/c1-2-20-17-11-18(23-14-22-17)24-9-3-5-15(13-24)7-8-19(25)21-12-16-6-4-10-26-16/h4,6,10-11,14-15H,2-3,5,7-9,12-13H2,1H3,(H,21,25)(H,20,22,23)/t15-/m0/s1. The van der Waals surface area contributed by atoms with Crippen LogP contribution in [0.3, 0.4) is 0 Å². The molecule has 3 heterocycles. The zero-order valence-corrected chi connectivity index (χ0v) is 16.1. The molecule has 1 atom stereocenters. The molecule has 0 aliphatic carbocycles. The number of nitrogens with one attached hydrogen (secondary N) is 2. The molecule has 0 spiro atoms. The van der Waals surface area contributed by atoms with Crippen LogP contribution in [0.4, 0.5) is 11.6 Å². The van der Waals surface area contributed by atoms with Gasteiger partial charge >= 0.3 is 0 Å². The van der Waals surface area contributed by atoms with Gasteiger partial charge in [0.1, 0.15) is 18.0 Å². The third kappa shape index (κ3) is 5.42. The van der Waals surface area contributed by atoms with Crippen molar-refractivity contribution in [3.05, 3.63) is 34.8 Å². The average Bonchev–Trinajstić information content (AvgIpc) is 3.19. The van der Waals surface area contributed by atoms with Crippen LogP contribution < -0.4 is 15.5 Å². The number of amides is 1. The molecule has 2 N–H and O–H groups in total. The number of rotatable bonds is 8. The lowest BCUT2D eigenvalue weighted by Gasteiger charge is -2.33. The van der Waals surface area contributed by atoms with E-state index in [0.717, 1.165) is 44.1 Å². The summed E-state index contributed by atoms with van der Waals surface area (Å²) in [6.45, 7) is 5.52. The fraction of sp³-hybridized carbons (Fsp3) is 0.526. The topological polar surface area (TPSA) is 70.2 Å². The van der Waals surface area contributed by atoms with Crippen molar-refractivity contribution in [2.45, 2.75) is 39.2 Å². The van der Waals surface area contributed by atoms with E-state index in [1.54, 1.807) is 17.7 Å². The smallest absolute Gasteiger partial charge is 0.220 e. The lowest BCUT2D eigenvalue weighted by atomic mass is 9.93. The predicted octanol–water partition coefficient (Wildman–Crippen LogP) is 3.28. The third-order valence-corrected chi connectivity index (χ3v) is 5.55. The molecular weight excluding hydrogens is 346 g/mol. The summed E-state index contributed by atoms with van der Waals surface area (Å²) in [6, 6.07) is 6.07. The summed E-state index contributed by atoms with van der Waals surface area (Å²) in [6.07, 6.45) is 5.46.